The predicted molar refractivity (Wildman–Crippen MR) is 79.4 cm³/mol. The van der Waals surface area contributed by atoms with Gasteiger partial charge in [0, 0.05) is 27.9 Å². The average Bonchev–Trinajstić information content (AvgIpc) is 3.24. The number of pyridine rings is 1. The molecular weight excluding hydrogens is 323 g/mol. The zero-order valence-electron chi connectivity index (χ0n) is 10.9. The number of anilines is 1. The van der Waals surface area contributed by atoms with Gasteiger partial charge in [0.25, 0.3) is 0 Å². The van der Waals surface area contributed by atoms with Gasteiger partial charge >= 0.3 is 0 Å². The van der Waals surface area contributed by atoms with Gasteiger partial charge < -0.3 is 10.1 Å². The quantitative estimate of drug-likeness (QED) is 0.906. The van der Waals surface area contributed by atoms with Gasteiger partial charge in [0.05, 0.1) is 24.6 Å². The van der Waals surface area contributed by atoms with E-state index in [2.05, 4.69) is 26.2 Å². The molecule has 3 nitrogen and oxygen atoms in total. The van der Waals surface area contributed by atoms with Crippen molar-refractivity contribution in [3.63, 3.8) is 0 Å². The van der Waals surface area contributed by atoms with Gasteiger partial charge in [0.2, 0.25) is 0 Å². The number of aromatic nitrogens is 1. The third-order valence-electron chi connectivity index (χ3n) is 3.85. The molecule has 1 aliphatic carbocycles. The van der Waals surface area contributed by atoms with Gasteiger partial charge in [-0.25, -0.2) is 9.37 Å². The Morgan fingerprint density at radius 3 is 3.00 bits per heavy atom. The van der Waals surface area contributed by atoms with Crippen LogP contribution in [-0.4, -0.2) is 17.6 Å². The van der Waals surface area contributed by atoms with Gasteiger partial charge in [-0.3, -0.25) is 0 Å². The Balaban J connectivity index is 2.01. The number of halogens is 2. The Morgan fingerprint density at radius 2 is 2.20 bits per heavy atom. The molecule has 1 saturated carbocycles. The maximum absolute atomic E-state index is 14.2. The average molecular weight is 337 g/mol. The highest BCUT2D eigenvalue weighted by atomic mass is 79.9. The number of hydrogen-bond donors (Lipinski definition) is 1. The monoisotopic (exact) mass is 336 g/mol. The number of ether oxygens (including phenoxy) is 1. The van der Waals surface area contributed by atoms with Crippen LogP contribution in [0.1, 0.15) is 24.1 Å². The smallest absolute Gasteiger partial charge is 0.150 e. The second-order valence-corrected chi connectivity index (χ2v) is 6.33. The molecular formula is C15H14BrFN2O. The summed E-state index contributed by atoms with van der Waals surface area (Å²) in [6.45, 7) is 1.22. The molecule has 0 unspecified atom stereocenters. The molecule has 2 heterocycles. The summed E-state index contributed by atoms with van der Waals surface area (Å²) in [5, 5.41) is 4.37. The summed E-state index contributed by atoms with van der Waals surface area (Å²) in [4.78, 5) is 4.53. The Hall–Kier alpha value is -1.20. The van der Waals surface area contributed by atoms with Crippen molar-refractivity contribution in [1.82, 2.24) is 4.98 Å². The van der Waals surface area contributed by atoms with Gasteiger partial charge in [-0.15, -0.1) is 0 Å². The SMILES string of the molecule is Fc1cc(Br)cc2c(NC3CC3)c3c(nc12)CCOC3. The van der Waals surface area contributed by atoms with Crippen LogP contribution in [0.4, 0.5) is 10.1 Å². The van der Waals surface area contributed by atoms with Crippen molar-refractivity contribution in [2.75, 3.05) is 11.9 Å². The number of nitrogens with one attached hydrogen (secondary N) is 1. The van der Waals surface area contributed by atoms with E-state index in [-0.39, 0.29) is 5.82 Å². The number of fused-ring (bicyclic) bond motifs is 2. The minimum absolute atomic E-state index is 0.275. The third kappa shape index (κ3) is 2.09. The first kappa shape index (κ1) is 12.5. The zero-order chi connectivity index (χ0) is 13.7. The molecule has 1 aromatic carbocycles. The van der Waals surface area contributed by atoms with Crippen molar-refractivity contribution in [3.05, 3.63) is 33.7 Å². The molecule has 5 heteroatoms. The lowest BCUT2D eigenvalue weighted by molar-refractivity contribution is 0.110. The second kappa shape index (κ2) is 4.67. The number of hydrogen-bond acceptors (Lipinski definition) is 3. The van der Waals surface area contributed by atoms with Crippen molar-refractivity contribution >= 4 is 32.5 Å². The molecule has 0 atom stereocenters. The Labute approximate surface area is 124 Å². The van der Waals surface area contributed by atoms with E-state index >= 15 is 0 Å². The first-order valence-corrected chi connectivity index (χ1v) is 7.66. The third-order valence-corrected chi connectivity index (χ3v) is 4.31. The van der Waals surface area contributed by atoms with Gasteiger partial charge in [-0.1, -0.05) is 15.9 Å². The van der Waals surface area contributed by atoms with E-state index in [1.807, 2.05) is 6.07 Å². The largest absolute Gasteiger partial charge is 0.381 e. The molecule has 2 aliphatic rings. The molecule has 1 aliphatic heterocycles. The number of rotatable bonds is 2. The van der Waals surface area contributed by atoms with Crippen LogP contribution in [-0.2, 0) is 17.8 Å². The van der Waals surface area contributed by atoms with Crippen molar-refractivity contribution < 1.29 is 9.13 Å². The van der Waals surface area contributed by atoms with Crippen molar-refractivity contribution in [2.45, 2.75) is 31.9 Å². The molecule has 1 aromatic heterocycles. The van der Waals surface area contributed by atoms with Crippen LogP contribution in [0.2, 0.25) is 0 Å². The summed E-state index contributed by atoms with van der Waals surface area (Å²) in [7, 11) is 0. The summed E-state index contributed by atoms with van der Waals surface area (Å²) in [5.41, 5.74) is 3.52. The lowest BCUT2D eigenvalue weighted by atomic mass is 10.0. The fraction of sp³-hybridized carbons (Fsp3) is 0.400. The first-order chi connectivity index (χ1) is 9.72. The lowest BCUT2D eigenvalue weighted by Gasteiger charge is -2.22. The Bertz CT molecular complexity index is 700. The number of benzene rings is 1. The highest BCUT2D eigenvalue weighted by Gasteiger charge is 2.26. The van der Waals surface area contributed by atoms with E-state index in [0.717, 1.165) is 33.2 Å². The van der Waals surface area contributed by atoms with E-state index in [1.165, 1.54) is 18.9 Å². The fourth-order valence-corrected chi connectivity index (χ4v) is 3.11. The van der Waals surface area contributed by atoms with Crippen LogP contribution >= 0.6 is 15.9 Å². The summed E-state index contributed by atoms with van der Waals surface area (Å²) in [5.74, 6) is -0.275. The van der Waals surface area contributed by atoms with Crippen molar-refractivity contribution in [2.24, 2.45) is 0 Å². The van der Waals surface area contributed by atoms with E-state index in [0.29, 0.717) is 24.8 Å². The summed E-state index contributed by atoms with van der Waals surface area (Å²) in [6.07, 6.45) is 3.10. The maximum atomic E-state index is 14.2. The standard InChI is InChI=1S/C15H14BrFN2O/c16-8-5-10-14(18-9-1-2-9)11-7-20-4-3-13(11)19-15(10)12(17)6-8/h5-6,9H,1-4,7H2,(H,18,19). The highest BCUT2D eigenvalue weighted by Crippen LogP contribution is 2.37. The van der Waals surface area contributed by atoms with E-state index in [4.69, 9.17) is 4.74 Å². The van der Waals surface area contributed by atoms with Crippen LogP contribution in [0.5, 0.6) is 0 Å². The van der Waals surface area contributed by atoms with E-state index in [9.17, 15) is 4.39 Å². The molecule has 1 N–H and O–H groups in total. The molecule has 0 spiro atoms. The molecule has 0 bridgehead atoms. The highest BCUT2D eigenvalue weighted by molar-refractivity contribution is 9.10. The molecule has 0 radical (unpaired) electrons. The minimum Gasteiger partial charge on any atom is -0.381 e. The molecule has 104 valence electrons. The lowest BCUT2D eigenvalue weighted by Crippen LogP contribution is -2.16. The van der Waals surface area contributed by atoms with Crippen LogP contribution in [0.3, 0.4) is 0 Å². The van der Waals surface area contributed by atoms with Crippen LogP contribution < -0.4 is 5.32 Å². The van der Waals surface area contributed by atoms with Crippen molar-refractivity contribution in [3.8, 4) is 0 Å². The minimum atomic E-state index is -0.275. The molecule has 4 rings (SSSR count). The van der Waals surface area contributed by atoms with Crippen LogP contribution in [0.25, 0.3) is 10.9 Å². The first-order valence-electron chi connectivity index (χ1n) is 6.87. The Morgan fingerprint density at radius 1 is 1.35 bits per heavy atom. The van der Waals surface area contributed by atoms with Gasteiger partial charge in [0.1, 0.15) is 5.52 Å². The molecule has 20 heavy (non-hydrogen) atoms. The van der Waals surface area contributed by atoms with Gasteiger partial charge in [0.15, 0.2) is 5.82 Å². The van der Waals surface area contributed by atoms with Gasteiger partial charge in [-0.2, -0.15) is 0 Å². The molecule has 1 fully saturated rings. The van der Waals surface area contributed by atoms with Crippen LogP contribution in [0, 0.1) is 5.82 Å². The maximum Gasteiger partial charge on any atom is 0.150 e. The summed E-state index contributed by atoms with van der Waals surface area (Å²) in [6, 6.07) is 3.92. The fourth-order valence-electron chi connectivity index (χ4n) is 2.68. The Kier molecular flexibility index (Phi) is 2.93. The molecule has 0 amide bonds. The van der Waals surface area contributed by atoms with E-state index in [1.54, 1.807) is 0 Å². The number of nitrogens with zero attached hydrogens (tertiary/aromatic N) is 1. The van der Waals surface area contributed by atoms with Crippen molar-refractivity contribution in [1.29, 1.82) is 0 Å². The topological polar surface area (TPSA) is 34.2 Å². The van der Waals surface area contributed by atoms with E-state index < -0.39 is 0 Å². The molecule has 2 aromatic rings. The summed E-state index contributed by atoms with van der Waals surface area (Å²) >= 11 is 3.37. The van der Waals surface area contributed by atoms with Crippen LogP contribution in [0.15, 0.2) is 16.6 Å². The normalized spacial score (nSPS) is 18.1. The zero-order valence-corrected chi connectivity index (χ0v) is 12.5. The predicted octanol–water partition coefficient (Wildman–Crippen LogP) is 3.78. The molecule has 0 saturated heterocycles. The summed E-state index contributed by atoms with van der Waals surface area (Å²) < 4.78 is 20.5. The van der Waals surface area contributed by atoms with Gasteiger partial charge in [-0.05, 0) is 25.0 Å². The second-order valence-electron chi connectivity index (χ2n) is 5.42.